The van der Waals surface area contributed by atoms with E-state index in [1.165, 1.54) is 13.0 Å². The van der Waals surface area contributed by atoms with Gasteiger partial charge in [-0.05, 0) is 32.0 Å². The highest BCUT2D eigenvalue weighted by Gasteiger charge is 2.26. The quantitative estimate of drug-likeness (QED) is 0.591. The second kappa shape index (κ2) is 8.83. The van der Waals surface area contributed by atoms with Gasteiger partial charge in [-0.15, -0.1) is 0 Å². The van der Waals surface area contributed by atoms with E-state index >= 15 is 0 Å². The number of nitrogens with one attached hydrogen (secondary N) is 1. The molecule has 0 aliphatic rings. The third-order valence-electron chi connectivity index (χ3n) is 4.17. The monoisotopic (exact) mass is 403 g/mol. The number of rotatable bonds is 7. The van der Waals surface area contributed by atoms with Crippen molar-refractivity contribution in [2.45, 2.75) is 26.6 Å². The van der Waals surface area contributed by atoms with Crippen LogP contribution < -0.4 is 5.32 Å². The predicted octanol–water partition coefficient (Wildman–Crippen LogP) is 4.43. The third kappa shape index (κ3) is 4.60. The fourth-order valence-electron chi connectivity index (χ4n) is 2.70. The van der Waals surface area contributed by atoms with Crippen molar-refractivity contribution in [1.29, 1.82) is 0 Å². The number of furan rings is 1. The molecule has 8 heteroatoms. The van der Waals surface area contributed by atoms with Crippen LogP contribution in [0.5, 0.6) is 0 Å². The number of ether oxygens (including phenoxy) is 2. The maximum absolute atomic E-state index is 13.3. The summed E-state index contributed by atoms with van der Waals surface area (Å²) in [6.45, 7) is 3.78. The number of fused-ring (bicyclic) bond motifs is 1. The van der Waals surface area contributed by atoms with Gasteiger partial charge in [0.1, 0.15) is 5.58 Å². The van der Waals surface area contributed by atoms with Crippen molar-refractivity contribution >= 4 is 28.5 Å². The summed E-state index contributed by atoms with van der Waals surface area (Å²) in [4.78, 5) is 24.8. The van der Waals surface area contributed by atoms with E-state index in [9.17, 15) is 18.4 Å². The number of halogens is 2. The molecule has 0 aliphatic carbocycles. The highest BCUT2D eigenvalue weighted by atomic mass is 19.2. The normalized spacial score (nSPS) is 12.0. The lowest BCUT2D eigenvalue weighted by molar-refractivity contribution is -0.123. The van der Waals surface area contributed by atoms with Crippen LogP contribution >= 0.6 is 0 Å². The Bertz CT molecular complexity index is 1050. The number of esters is 1. The van der Waals surface area contributed by atoms with Gasteiger partial charge in [-0.25, -0.2) is 13.6 Å². The first-order valence-electron chi connectivity index (χ1n) is 8.95. The van der Waals surface area contributed by atoms with Crippen LogP contribution in [0.2, 0.25) is 0 Å². The molecule has 0 spiro atoms. The summed E-state index contributed by atoms with van der Waals surface area (Å²) in [5, 5.41) is 3.08. The van der Waals surface area contributed by atoms with Crippen molar-refractivity contribution in [1.82, 2.24) is 0 Å². The topological polar surface area (TPSA) is 77.8 Å². The summed E-state index contributed by atoms with van der Waals surface area (Å²) in [6, 6.07) is 10.00. The molecule has 1 N–H and O–H groups in total. The van der Waals surface area contributed by atoms with Gasteiger partial charge >= 0.3 is 5.97 Å². The van der Waals surface area contributed by atoms with Crippen LogP contribution in [0.4, 0.5) is 14.5 Å². The molecule has 6 nitrogen and oxygen atoms in total. The molecule has 1 amide bonds. The molecule has 1 heterocycles. The van der Waals surface area contributed by atoms with Crippen molar-refractivity contribution in [3.8, 4) is 0 Å². The highest BCUT2D eigenvalue weighted by Crippen LogP contribution is 2.27. The number of amides is 1. The fraction of sp³-hybridized carbons (Fsp3) is 0.238. The number of hydrogen-bond donors (Lipinski definition) is 1. The Morgan fingerprint density at radius 2 is 1.90 bits per heavy atom. The van der Waals surface area contributed by atoms with Crippen LogP contribution in [0.25, 0.3) is 11.0 Å². The molecule has 3 rings (SSSR count). The summed E-state index contributed by atoms with van der Waals surface area (Å²) in [6.07, 6.45) is -1.20. The van der Waals surface area contributed by atoms with Crippen LogP contribution in [0, 0.1) is 11.6 Å². The zero-order valence-electron chi connectivity index (χ0n) is 15.8. The summed E-state index contributed by atoms with van der Waals surface area (Å²) in [5.41, 5.74) is 1.06. The van der Waals surface area contributed by atoms with Gasteiger partial charge < -0.3 is 19.2 Å². The number of para-hydroxylation sites is 1. The van der Waals surface area contributed by atoms with Gasteiger partial charge in [0.25, 0.3) is 5.91 Å². The first-order valence-corrected chi connectivity index (χ1v) is 8.95. The molecule has 2 aromatic carbocycles. The maximum atomic E-state index is 13.3. The Kier molecular flexibility index (Phi) is 6.23. The Hall–Kier alpha value is -3.26. The van der Waals surface area contributed by atoms with Gasteiger partial charge in [-0.3, -0.25) is 4.79 Å². The van der Waals surface area contributed by atoms with Crippen molar-refractivity contribution in [2.75, 3.05) is 11.9 Å². The second-order valence-electron chi connectivity index (χ2n) is 6.21. The molecule has 0 saturated heterocycles. The number of benzene rings is 2. The van der Waals surface area contributed by atoms with Crippen molar-refractivity contribution in [2.24, 2.45) is 0 Å². The molecular formula is C21H19F2NO5. The molecule has 3 aromatic rings. The zero-order chi connectivity index (χ0) is 21.0. The second-order valence-corrected chi connectivity index (χ2v) is 6.21. The van der Waals surface area contributed by atoms with E-state index < -0.39 is 29.6 Å². The molecule has 0 unspecified atom stereocenters. The average Bonchev–Trinajstić information content (AvgIpc) is 3.07. The summed E-state index contributed by atoms with van der Waals surface area (Å²) < 4.78 is 42.5. The maximum Gasteiger partial charge on any atom is 0.375 e. The van der Waals surface area contributed by atoms with Gasteiger partial charge in [0, 0.05) is 29.3 Å². The zero-order valence-corrected chi connectivity index (χ0v) is 15.8. The molecule has 0 radical (unpaired) electrons. The fourth-order valence-corrected chi connectivity index (χ4v) is 2.70. The minimum atomic E-state index is -1.20. The number of carbonyl (C=O) groups is 2. The van der Waals surface area contributed by atoms with E-state index in [0.717, 1.165) is 12.1 Å². The Morgan fingerprint density at radius 3 is 2.62 bits per heavy atom. The van der Waals surface area contributed by atoms with Gasteiger partial charge in [0.2, 0.25) is 5.76 Å². The van der Waals surface area contributed by atoms with Crippen molar-refractivity contribution in [3.05, 3.63) is 65.4 Å². The Balaban J connectivity index is 1.75. The van der Waals surface area contributed by atoms with E-state index in [4.69, 9.17) is 13.9 Å². The van der Waals surface area contributed by atoms with Gasteiger partial charge in [0.15, 0.2) is 17.7 Å². The lowest BCUT2D eigenvalue weighted by Crippen LogP contribution is -2.30. The van der Waals surface area contributed by atoms with Gasteiger partial charge in [-0.1, -0.05) is 18.2 Å². The lowest BCUT2D eigenvalue weighted by atomic mass is 10.1. The Labute approximate surface area is 165 Å². The molecule has 0 fully saturated rings. The largest absolute Gasteiger partial charge is 0.449 e. The molecule has 0 aliphatic heterocycles. The molecule has 1 atom stereocenters. The molecule has 152 valence electrons. The number of hydrogen-bond acceptors (Lipinski definition) is 5. The first-order chi connectivity index (χ1) is 13.9. The van der Waals surface area contributed by atoms with Crippen LogP contribution in [-0.2, 0) is 20.9 Å². The Morgan fingerprint density at radius 1 is 1.14 bits per heavy atom. The minimum absolute atomic E-state index is 0.0394. The van der Waals surface area contributed by atoms with E-state index in [1.54, 1.807) is 24.3 Å². The van der Waals surface area contributed by atoms with E-state index in [1.807, 2.05) is 6.92 Å². The highest BCUT2D eigenvalue weighted by molar-refractivity contribution is 5.99. The molecule has 0 saturated carbocycles. The van der Waals surface area contributed by atoms with Crippen molar-refractivity contribution in [3.63, 3.8) is 0 Å². The van der Waals surface area contributed by atoms with Crippen LogP contribution in [0.3, 0.4) is 0 Å². The van der Waals surface area contributed by atoms with E-state index in [2.05, 4.69) is 5.32 Å². The standard InChI is InChI=1S/C21H19F2NO5/c1-3-27-11-15-14-6-4-5-7-18(14)29-19(15)21(26)28-12(2)20(25)24-13-8-9-16(22)17(23)10-13/h4-10,12H,3,11H2,1-2H3,(H,24,25)/t12-/m0/s1. The average molecular weight is 403 g/mol. The SMILES string of the molecule is CCOCc1c(C(=O)O[C@@H](C)C(=O)Nc2ccc(F)c(F)c2)oc2ccccc12. The third-order valence-corrected chi connectivity index (χ3v) is 4.17. The van der Waals surface area contributed by atoms with Crippen LogP contribution in [0.1, 0.15) is 30.0 Å². The lowest BCUT2D eigenvalue weighted by Gasteiger charge is -2.13. The number of carbonyl (C=O) groups excluding carboxylic acids is 2. The van der Waals surface area contributed by atoms with E-state index in [0.29, 0.717) is 23.1 Å². The molecule has 29 heavy (non-hydrogen) atoms. The van der Waals surface area contributed by atoms with Crippen LogP contribution in [-0.4, -0.2) is 24.6 Å². The van der Waals surface area contributed by atoms with Gasteiger partial charge in [-0.2, -0.15) is 0 Å². The van der Waals surface area contributed by atoms with E-state index in [-0.39, 0.29) is 18.1 Å². The molecular weight excluding hydrogens is 384 g/mol. The summed E-state index contributed by atoms with van der Waals surface area (Å²) >= 11 is 0. The summed E-state index contributed by atoms with van der Waals surface area (Å²) in [7, 11) is 0. The smallest absolute Gasteiger partial charge is 0.375 e. The molecule has 0 bridgehead atoms. The number of anilines is 1. The predicted molar refractivity (Wildman–Crippen MR) is 101 cm³/mol. The van der Waals surface area contributed by atoms with Crippen molar-refractivity contribution < 1.29 is 32.3 Å². The first kappa shape index (κ1) is 20.5. The van der Waals surface area contributed by atoms with Gasteiger partial charge in [0.05, 0.1) is 6.61 Å². The minimum Gasteiger partial charge on any atom is -0.449 e. The summed E-state index contributed by atoms with van der Waals surface area (Å²) in [5.74, 6) is -3.72. The van der Waals surface area contributed by atoms with Crippen LogP contribution in [0.15, 0.2) is 46.9 Å². The molecule has 1 aromatic heterocycles.